The van der Waals surface area contributed by atoms with Crippen molar-refractivity contribution in [1.82, 2.24) is 19.8 Å². The molecule has 1 aromatic heterocycles. The number of carbonyl (C=O) groups is 2. The van der Waals surface area contributed by atoms with Crippen LogP contribution in [0.25, 0.3) is 11.0 Å². The number of hydrogen-bond donors (Lipinski definition) is 1. The lowest BCUT2D eigenvalue weighted by molar-refractivity contribution is -0.131. The molecule has 1 N–H and O–H groups in total. The number of nitrogens with zero attached hydrogens (tertiary/aromatic N) is 4. The summed E-state index contributed by atoms with van der Waals surface area (Å²) < 4.78 is 2.03. The molecule has 0 atom stereocenters. The maximum absolute atomic E-state index is 13.2. The average molecular weight is 510 g/mol. The average Bonchev–Trinajstić information content (AvgIpc) is 3.13. The monoisotopic (exact) mass is 509 g/mol. The van der Waals surface area contributed by atoms with Gasteiger partial charge in [0.15, 0.2) is 0 Å². The second-order valence-corrected chi connectivity index (χ2v) is 10.3. The molecule has 0 saturated carbocycles. The molecular formula is C28H36ClN5O2. The van der Waals surface area contributed by atoms with Crippen LogP contribution in [-0.4, -0.2) is 52.4 Å². The van der Waals surface area contributed by atoms with Crippen LogP contribution in [0.4, 0.5) is 5.69 Å². The largest absolute Gasteiger partial charge is 0.341 e. The van der Waals surface area contributed by atoms with Crippen LogP contribution in [0.1, 0.15) is 44.5 Å². The Labute approximate surface area is 218 Å². The molecule has 2 heterocycles. The van der Waals surface area contributed by atoms with Crippen LogP contribution < -0.4 is 10.2 Å². The minimum atomic E-state index is 0.110. The lowest BCUT2D eigenvalue weighted by atomic mass is 10.1. The molecule has 0 unspecified atom stereocenters. The van der Waals surface area contributed by atoms with Gasteiger partial charge in [0, 0.05) is 69.7 Å². The quantitative estimate of drug-likeness (QED) is 0.547. The summed E-state index contributed by atoms with van der Waals surface area (Å²) >= 11 is 6.12. The molecule has 2 amide bonds. The Bertz CT molecular complexity index is 1220. The highest BCUT2D eigenvalue weighted by molar-refractivity contribution is 6.31. The van der Waals surface area contributed by atoms with E-state index in [9.17, 15) is 9.59 Å². The van der Waals surface area contributed by atoms with Crippen molar-refractivity contribution in [3.63, 3.8) is 0 Å². The Hall–Kier alpha value is -2.90. The van der Waals surface area contributed by atoms with Gasteiger partial charge >= 0.3 is 0 Å². The van der Waals surface area contributed by atoms with Crippen LogP contribution in [0.3, 0.4) is 0 Å². The van der Waals surface area contributed by atoms with E-state index in [2.05, 4.69) is 25.2 Å². The van der Waals surface area contributed by atoms with Crippen LogP contribution in [0.5, 0.6) is 0 Å². The Morgan fingerprint density at radius 3 is 2.69 bits per heavy atom. The molecule has 4 rings (SSSR count). The second-order valence-electron chi connectivity index (χ2n) is 9.90. The molecule has 1 aliphatic heterocycles. The van der Waals surface area contributed by atoms with Gasteiger partial charge in [-0.05, 0) is 42.2 Å². The van der Waals surface area contributed by atoms with Gasteiger partial charge in [-0.3, -0.25) is 9.59 Å². The smallest absolute Gasteiger partial charge is 0.227 e. The van der Waals surface area contributed by atoms with E-state index in [1.165, 1.54) is 0 Å². The van der Waals surface area contributed by atoms with Crippen molar-refractivity contribution in [2.75, 3.05) is 31.1 Å². The first kappa shape index (κ1) is 26.2. The fraction of sp³-hybridized carbons (Fsp3) is 0.464. The van der Waals surface area contributed by atoms with Gasteiger partial charge < -0.3 is 19.7 Å². The van der Waals surface area contributed by atoms with Gasteiger partial charge in [0.2, 0.25) is 11.8 Å². The van der Waals surface area contributed by atoms with Crippen molar-refractivity contribution < 1.29 is 9.59 Å². The van der Waals surface area contributed by atoms with Crippen LogP contribution in [0.2, 0.25) is 5.02 Å². The molecule has 2 aromatic carbocycles. The maximum Gasteiger partial charge on any atom is 0.227 e. The Morgan fingerprint density at radius 2 is 1.89 bits per heavy atom. The normalized spacial score (nSPS) is 15.1. The van der Waals surface area contributed by atoms with Gasteiger partial charge in [-0.2, -0.15) is 0 Å². The predicted molar refractivity (Wildman–Crippen MR) is 145 cm³/mol. The number of benzene rings is 2. The zero-order valence-electron chi connectivity index (χ0n) is 21.5. The molecule has 36 heavy (non-hydrogen) atoms. The number of aromatic nitrogens is 2. The molecule has 0 radical (unpaired) electrons. The molecule has 0 bridgehead atoms. The summed E-state index contributed by atoms with van der Waals surface area (Å²) in [5, 5.41) is 4.12. The van der Waals surface area contributed by atoms with Crippen LogP contribution in [0, 0.1) is 5.92 Å². The van der Waals surface area contributed by atoms with Gasteiger partial charge in [0.25, 0.3) is 0 Å². The van der Waals surface area contributed by atoms with E-state index in [1.54, 1.807) is 0 Å². The molecule has 0 fully saturated rings. The van der Waals surface area contributed by atoms with Crippen molar-refractivity contribution in [3.8, 4) is 0 Å². The summed E-state index contributed by atoms with van der Waals surface area (Å²) in [5.41, 5.74) is 3.93. The van der Waals surface area contributed by atoms with E-state index in [4.69, 9.17) is 16.6 Å². The molecule has 192 valence electrons. The van der Waals surface area contributed by atoms with Crippen molar-refractivity contribution >= 4 is 40.1 Å². The molecule has 7 nitrogen and oxygen atoms in total. The van der Waals surface area contributed by atoms with Gasteiger partial charge in [0.1, 0.15) is 5.82 Å². The fourth-order valence-electron chi connectivity index (χ4n) is 4.80. The molecule has 1 aliphatic rings. The number of imidazole rings is 1. The van der Waals surface area contributed by atoms with E-state index in [-0.39, 0.29) is 17.7 Å². The summed E-state index contributed by atoms with van der Waals surface area (Å²) in [4.78, 5) is 34.9. The molecule has 0 spiro atoms. The second kappa shape index (κ2) is 11.9. The maximum atomic E-state index is 13.2. The van der Waals surface area contributed by atoms with Crippen molar-refractivity contribution in [2.45, 2.75) is 46.1 Å². The topological polar surface area (TPSA) is 70.5 Å². The van der Waals surface area contributed by atoms with Crippen LogP contribution in [-0.2, 0) is 29.6 Å². The van der Waals surface area contributed by atoms with Gasteiger partial charge in [-0.25, -0.2) is 4.98 Å². The number of para-hydroxylation sites is 1. The minimum absolute atomic E-state index is 0.110. The lowest BCUT2D eigenvalue weighted by Gasteiger charge is -2.27. The van der Waals surface area contributed by atoms with Gasteiger partial charge in [-0.1, -0.05) is 43.6 Å². The van der Waals surface area contributed by atoms with E-state index in [0.29, 0.717) is 57.0 Å². The highest BCUT2D eigenvalue weighted by Crippen LogP contribution is 2.24. The summed E-state index contributed by atoms with van der Waals surface area (Å²) in [6.45, 7) is 7.34. The molecular weight excluding hydrogens is 474 g/mol. The number of aryl methyl sites for hydroxylation is 2. The number of rotatable bonds is 5. The van der Waals surface area contributed by atoms with Crippen molar-refractivity contribution in [1.29, 1.82) is 0 Å². The Morgan fingerprint density at radius 1 is 1.08 bits per heavy atom. The third-order valence-electron chi connectivity index (χ3n) is 6.70. The highest BCUT2D eigenvalue weighted by atomic mass is 35.5. The summed E-state index contributed by atoms with van der Waals surface area (Å²) in [5.74, 6) is 1.41. The summed E-state index contributed by atoms with van der Waals surface area (Å²) in [6.07, 6.45) is 2.19. The number of carbonyl (C=O) groups excluding carboxylic acids is 2. The zero-order chi connectivity index (χ0) is 25.7. The summed E-state index contributed by atoms with van der Waals surface area (Å²) in [7, 11) is 1.97. The minimum Gasteiger partial charge on any atom is -0.341 e. The lowest BCUT2D eigenvalue weighted by Crippen LogP contribution is -2.39. The van der Waals surface area contributed by atoms with E-state index in [0.717, 1.165) is 34.5 Å². The molecule has 3 aromatic rings. The molecule has 0 saturated heterocycles. The first-order chi connectivity index (χ1) is 17.3. The summed E-state index contributed by atoms with van der Waals surface area (Å²) in [6, 6.07) is 13.8. The van der Waals surface area contributed by atoms with Crippen molar-refractivity contribution in [2.24, 2.45) is 13.0 Å². The number of hydrogen-bond acceptors (Lipinski definition) is 4. The highest BCUT2D eigenvalue weighted by Gasteiger charge is 2.22. The third kappa shape index (κ3) is 6.26. The standard InChI is InChI=1S/C28H36ClN5O2/c1-20(2)17-28(36)34-15-6-14-33(16-13-30-19-21-7-4-5-8-24(21)34)27(35)12-11-26-31-23-18-22(29)9-10-25(23)32(26)3/h4-5,7-10,18,20,30H,6,11-17,19H2,1-3H3. The Balaban J connectivity index is 1.44. The van der Waals surface area contributed by atoms with E-state index in [1.807, 2.05) is 57.8 Å². The third-order valence-corrected chi connectivity index (χ3v) is 6.94. The molecule has 0 aliphatic carbocycles. The van der Waals surface area contributed by atoms with Gasteiger partial charge in [-0.15, -0.1) is 0 Å². The fourth-order valence-corrected chi connectivity index (χ4v) is 4.97. The SMILES string of the molecule is CC(C)CC(=O)N1CCCN(C(=O)CCc2nc3cc(Cl)ccc3n2C)CCNCc2ccccc21. The van der Waals surface area contributed by atoms with Gasteiger partial charge in [0.05, 0.1) is 11.0 Å². The van der Waals surface area contributed by atoms with Crippen LogP contribution >= 0.6 is 11.6 Å². The molecule has 8 heteroatoms. The number of halogens is 1. The Kier molecular flexibility index (Phi) is 8.64. The first-order valence-electron chi connectivity index (χ1n) is 12.8. The number of nitrogens with one attached hydrogen (secondary N) is 1. The number of amides is 2. The van der Waals surface area contributed by atoms with E-state index < -0.39 is 0 Å². The predicted octanol–water partition coefficient (Wildman–Crippen LogP) is 4.56. The number of anilines is 1. The van der Waals surface area contributed by atoms with Crippen LogP contribution in [0.15, 0.2) is 42.5 Å². The first-order valence-corrected chi connectivity index (χ1v) is 13.2. The number of fused-ring (bicyclic) bond motifs is 2. The van der Waals surface area contributed by atoms with Crippen molar-refractivity contribution in [3.05, 3.63) is 58.9 Å². The zero-order valence-corrected chi connectivity index (χ0v) is 22.2. The van der Waals surface area contributed by atoms with E-state index >= 15 is 0 Å².